The van der Waals surface area contributed by atoms with E-state index in [-0.39, 0.29) is 17.0 Å². The zero-order valence-corrected chi connectivity index (χ0v) is 15.9. The fourth-order valence-electron chi connectivity index (χ4n) is 3.03. The van der Waals surface area contributed by atoms with Crippen molar-refractivity contribution >= 4 is 40.5 Å². The fourth-order valence-corrected chi connectivity index (χ4v) is 3.43. The Morgan fingerprint density at radius 2 is 1.85 bits per heavy atom. The molecule has 2 aromatic rings. The zero-order valence-electron chi connectivity index (χ0n) is 14.4. The van der Waals surface area contributed by atoms with Gasteiger partial charge in [0.2, 0.25) is 5.91 Å². The van der Waals surface area contributed by atoms with Gasteiger partial charge in [-0.25, -0.2) is 4.39 Å². The summed E-state index contributed by atoms with van der Waals surface area (Å²) in [5, 5.41) is 3.68. The SMILES string of the molecule is C[C@H](C(=O)Nc1ccc(F)cc1Cl)N1CCN(c2cccc(Cl)c2)CC1. The van der Waals surface area contributed by atoms with Crippen LogP contribution < -0.4 is 10.2 Å². The molecule has 138 valence electrons. The van der Waals surface area contributed by atoms with Crippen LogP contribution in [0.25, 0.3) is 0 Å². The lowest BCUT2D eigenvalue weighted by atomic mass is 10.2. The summed E-state index contributed by atoms with van der Waals surface area (Å²) in [6, 6.07) is 11.4. The molecule has 0 bridgehead atoms. The van der Waals surface area contributed by atoms with Crippen molar-refractivity contribution in [2.75, 3.05) is 36.4 Å². The van der Waals surface area contributed by atoms with E-state index >= 15 is 0 Å². The molecule has 26 heavy (non-hydrogen) atoms. The second-order valence-corrected chi connectivity index (χ2v) is 7.14. The minimum Gasteiger partial charge on any atom is -0.369 e. The molecule has 1 atom stereocenters. The number of nitrogens with one attached hydrogen (secondary N) is 1. The molecule has 7 heteroatoms. The molecule has 3 rings (SSSR count). The number of benzene rings is 2. The van der Waals surface area contributed by atoms with Crippen molar-refractivity contribution in [3.05, 3.63) is 58.3 Å². The lowest BCUT2D eigenvalue weighted by Crippen LogP contribution is -2.52. The highest BCUT2D eigenvalue weighted by Crippen LogP contribution is 2.24. The van der Waals surface area contributed by atoms with Crippen molar-refractivity contribution in [3.8, 4) is 0 Å². The normalized spacial score (nSPS) is 16.4. The van der Waals surface area contributed by atoms with Crippen LogP contribution in [0, 0.1) is 5.82 Å². The highest BCUT2D eigenvalue weighted by atomic mass is 35.5. The van der Waals surface area contributed by atoms with Gasteiger partial charge in [-0.15, -0.1) is 0 Å². The first-order chi connectivity index (χ1) is 12.4. The highest BCUT2D eigenvalue weighted by molar-refractivity contribution is 6.33. The maximum Gasteiger partial charge on any atom is 0.241 e. The van der Waals surface area contributed by atoms with Gasteiger partial charge in [0.05, 0.1) is 16.8 Å². The maximum atomic E-state index is 13.1. The summed E-state index contributed by atoms with van der Waals surface area (Å²) in [7, 11) is 0. The van der Waals surface area contributed by atoms with Crippen LogP contribution in [-0.4, -0.2) is 43.0 Å². The number of hydrogen-bond donors (Lipinski definition) is 1. The Balaban J connectivity index is 1.57. The lowest BCUT2D eigenvalue weighted by molar-refractivity contribution is -0.120. The third-order valence-corrected chi connectivity index (χ3v) is 5.15. The molecule has 2 aromatic carbocycles. The van der Waals surface area contributed by atoms with E-state index < -0.39 is 5.82 Å². The van der Waals surface area contributed by atoms with Gasteiger partial charge in [-0.2, -0.15) is 0 Å². The quantitative estimate of drug-likeness (QED) is 0.838. The summed E-state index contributed by atoms with van der Waals surface area (Å²) in [4.78, 5) is 16.9. The Morgan fingerprint density at radius 1 is 1.12 bits per heavy atom. The first kappa shape index (κ1) is 19.0. The average molecular weight is 396 g/mol. The molecule has 1 heterocycles. The standard InChI is InChI=1S/C19H20Cl2FN3O/c1-13(19(26)23-18-6-5-15(22)12-17(18)21)24-7-9-25(10-8-24)16-4-2-3-14(20)11-16/h2-6,11-13H,7-10H2,1H3,(H,23,26)/t13-/m1/s1. The van der Waals surface area contributed by atoms with Gasteiger partial charge in [0, 0.05) is 36.9 Å². The molecule has 0 radical (unpaired) electrons. The smallest absolute Gasteiger partial charge is 0.241 e. The highest BCUT2D eigenvalue weighted by Gasteiger charge is 2.26. The first-order valence-electron chi connectivity index (χ1n) is 8.44. The van der Waals surface area contributed by atoms with Crippen molar-refractivity contribution in [3.63, 3.8) is 0 Å². The number of nitrogens with zero attached hydrogens (tertiary/aromatic N) is 2. The maximum absolute atomic E-state index is 13.1. The van der Waals surface area contributed by atoms with Gasteiger partial charge < -0.3 is 10.2 Å². The summed E-state index contributed by atoms with van der Waals surface area (Å²) in [6.45, 7) is 5.02. The predicted molar refractivity (Wildman–Crippen MR) is 105 cm³/mol. The largest absolute Gasteiger partial charge is 0.369 e. The molecule has 0 unspecified atom stereocenters. The van der Waals surface area contributed by atoms with Crippen LogP contribution in [0.15, 0.2) is 42.5 Å². The zero-order chi connectivity index (χ0) is 18.7. The van der Waals surface area contributed by atoms with Crippen molar-refractivity contribution in [1.29, 1.82) is 0 Å². The van der Waals surface area contributed by atoms with Gasteiger partial charge in [0.25, 0.3) is 0 Å². The number of carbonyl (C=O) groups is 1. The van der Waals surface area contributed by atoms with Crippen molar-refractivity contribution < 1.29 is 9.18 Å². The molecule has 1 N–H and O–H groups in total. The Labute approximate surface area is 162 Å². The van der Waals surface area contributed by atoms with Gasteiger partial charge in [-0.05, 0) is 43.3 Å². The number of piperazine rings is 1. The third-order valence-electron chi connectivity index (χ3n) is 4.60. The number of halogens is 3. The lowest BCUT2D eigenvalue weighted by Gasteiger charge is -2.38. The minimum absolute atomic E-state index is 0.158. The third kappa shape index (κ3) is 4.47. The second kappa shape index (κ2) is 8.25. The van der Waals surface area contributed by atoms with Crippen LogP contribution in [0.4, 0.5) is 15.8 Å². The van der Waals surface area contributed by atoms with Crippen LogP contribution >= 0.6 is 23.2 Å². The Morgan fingerprint density at radius 3 is 2.50 bits per heavy atom. The fraction of sp³-hybridized carbons (Fsp3) is 0.316. The monoisotopic (exact) mass is 395 g/mol. The molecule has 4 nitrogen and oxygen atoms in total. The summed E-state index contributed by atoms with van der Waals surface area (Å²) in [6.07, 6.45) is 0. The van der Waals surface area contributed by atoms with Crippen LogP contribution in [0.5, 0.6) is 0 Å². The number of amides is 1. The number of rotatable bonds is 4. The summed E-state index contributed by atoms with van der Waals surface area (Å²) in [5.74, 6) is -0.590. The van der Waals surface area contributed by atoms with Crippen LogP contribution in [0.1, 0.15) is 6.92 Å². The molecule has 0 aliphatic carbocycles. The van der Waals surface area contributed by atoms with E-state index in [1.807, 2.05) is 31.2 Å². The van der Waals surface area contributed by atoms with Gasteiger partial charge in [0.1, 0.15) is 5.82 Å². The van der Waals surface area contributed by atoms with Crippen LogP contribution in [0.2, 0.25) is 10.0 Å². The molecule has 0 saturated carbocycles. The topological polar surface area (TPSA) is 35.6 Å². The summed E-state index contributed by atoms with van der Waals surface area (Å²) in [5.41, 5.74) is 1.51. The Bertz CT molecular complexity index is 794. The van der Waals surface area contributed by atoms with Crippen molar-refractivity contribution in [1.82, 2.24) is 4.90 Å². The molecule has 0 spiro atoms. The summed E-state index contributed by atoms with van der Waals surface area (Å²) < 4.78 is 13.1. The van der Waals surface area contributed by atoms with Crippen molar-refractivity contribution in [2.24, 2.45) is 0 Å². The number of carbonyl (C=O) groups excluding carboxylic acids is 1. The predicted octanol–water partition coefficient (Wildman–Crippen LogP) is 4.28. The molecule has 0 aromatic heterocycles. The number of anilines is 2. The number of hydrogen-bond acceptors (Lipinski definition) is 3. The van der Waals surface area contributed by atoms with E-state index in [0.717, 1.165) is 31.9 Å². The molecular formula is C19H20Cl2FN3O. The van der Waals surface area contributed by atoms with Gasteiger partial charge in [0.15, 0.2) is 0 Å². The van der Waals surface area contributed by atoms with Crippen LogP contribution in [0.3, 0.4) is 0 Å². The average Bonchev–Trinajstić information content (AvgIpc) is 2.63. The minimum atomic E-state index is -0.432. The summed E-state index contributed by atoms with van der Waals surface area (Å²) >= 11 is 12.0. The van der Waals surface area contributed by atoms with E-state index in [0.29, 0.717) is 10.7 Å². The molecule has 1 aliphatic rings. The van der Waals surface area contributed by atoms with E-state index in [9.17, 15) is 9.18 Å². The molecule has 1 saturated heterocycles. The first-order valence-corrected chi connectivity index (χ1v) is 9.20. The Hall–Kier alpha value is -1.82. The van der Waals surface area contributed by atoms with Crippen LogP contribution in [-0.2, 0) is 4.79 Å². The van der Waals surface area contributed by atoms with Crippen molar-refractivity contribution in [2.45, 2.75) is 13.0 Å². The van der Waals surface area contributed by atoms with E-state index in [1.165, 1.54) is 18.2 Å². The molecule has 1 aliphatic heterocycles. The van der Waals surface area contributed by atoms with Gasteiger partial charge in [-0.1, -0.05) is 29.3 Å². The van der Waals surface area contributed by atoms with E-state index in [4.69, 9.17) is 23.2 Å². The molecule has 1 fully saturated rings. The molecule has 1 amide bonds. The van der Waals surface area contributed by atoms with Gasteiger partial charge >= 0.3 is 0 Å². The van der Waals surface area contributed by atoms with E-state index in [2.05, 4.69) is 15.1 Å². The Kier molecular flexibility index (Phi) is 6.01. The van der Waals surface area contributed by atoms with E-state index in [1.54, 1.807) is 0 Å². The second-order valence-electron chi connectivity index (χ2n) is 6.29. The molecular weight excluding hydrogens is 376 g/mol. The van der Waals surface area contributed by atoms with Gasteiger partial charge in [-0.3, -0.25) is 9.69 Å².